The molecule has 1 heterocycles. The molecular weight excluding hydrogens is 611 g/mol. The van der Waals surface area contributed by atoms with Crippen LogP contribution >= 0.6 is 55.1 Å². The number of carbonyl (C=O) groups is 2. The first kappa shape index (κ1) is 23.9. The van der Waals surface area contributed by atoms with Crippen LogP contribution in [0.1, 0.15) is 17.5 Å². The Morgan fingerprint density at radius 1 is 1.06 bits per heavy atom. The first-order chi connectivity index (χ1) is 16.3. The minimum atomic E-state index is -0.290. The van der Waals surface area contributed by atoms with Crippen LogP contribution < -0.4 is 9.47 Å². The maximum absolute atomic E-state index is 12.9. The van der Waals surface area contributed by atoms with E-state index in [2.05, 4.69) is 49.1 Å². The second-order valence-electron chi connectivity index (χ2n) is 8.40. The van der Waals surface area contributed by atoms with E-state index in [0.717, 1.165) is 17.0 Å². The lowest BCUT2D eigenvalue weighted by atomic mass is 9.85. The highest BCUT2D eigenvalue weighted by atomic mass is 79.9. The summed E-state index contributed by atoms with van der Waals surface area (Å²) in [5.74, 6) is 0.165. The molecule has 0 unspecified atom stereocenters. The molecule has 2 aromatic carbocycles. The number of methoxy groups -OCH3 is 1. The molecule has 4 atom stereocenters. The standard InChI is InChI=1S/C24H18Br2Cl2N2O4/c1-33-17-8-14(9-29-30-23(31)18-12-3-4-13(7-12)19(18)24(30)32)20(25)21(26)22(17)34-10-11-2-5-15(27)16(28)6-11/h2-6,8-9,12-13,18-19H,7,10H2,1H3/t12-,13-,18-,19+/m0/s1. The van der Waals surface area contributed by atoms with Gasteiger partial charge in [0, 0.05) is 10.0 Å². The number of rotatable bonds is 6. The average Bonchev–Trinajstić information content (AvgIpc) is 3.50. The monoisotopic (exact) mass is 626 g/mol. The van der Waals surface area contributed by atoms with Crippen LogP contribution in [0.3, 0.4) is 0 Å². The van der Waals surface area contributed by atoms with Gasteiger partial charge in [-0.1, -0.05) is 41.4 Å². The number of carbonyl (C=O) groups excluding carboxylic acids is 2. The lowest BCUT2D eigenvalue weighted by Crippen LogP contribution is -2.28. The van der Waals surface area contributed by atoms with Gasteiger partial charge in [0.2, 0.25) is 0 Å². The van der Waals surface area contributed by atoms with Gasteiger partial charge in [-0.15, -0.1) is 0 Å². The van der Waals surface area contributed by atoms with E-state index in [1.165, 1.54) is 13.3 Å². The minimum Gasteiger partial charge on any atom is -0.493 e. The maximum Gasteiger partial charge on any atom is 0.254 e. The summed E-state index contributed by atoms with van der Waals surface area (Å²) in [6, 6.07) is 6.99. The zero-order valence-electron chi connectivity index (χ0n) is 17.8. The summed E-state index contributed by atoms with van der Waals surface area (Å²) in [6.45, 7) is 0.238. The topological polar surface area (TPSA) is 68.2 Å². The quantitative estimate of drug-likeness (QED) is 0.216. The predicted molar refractivity (Wildman–Crippen MR) is 136 cm³/mol. The van der Waals surface area contributed by atoms with E-state index in [-0.39, 0.29) is 42.1 Å². The van der Waals surface area contributed by atoms with Gasteiger partial charge in [-0.3, -0.25) is 9.59 Å². The fraction of sp³-hybridized carbons (Fsp3) is 0.292. The van der Waals surface area contributed by atoms with Gasteiger partial charge < -0.3 is 9.47 Å². The molecule has 0 spiro atoms. The van der Waals surface area contributed by atoms with Crippen molar-refractivity contribution in [1.82, 2.24) is 5.01 Å². The number of nitrogens with zero attached hydrogens (tertiary/aromatic N) is 2. The van der Waals surface area contributed by atoms with Crippen molar-refractivity contribution in [2.45, 2.75) is 13.0 Å². The summed E-state index contributed by atoms with van der Waals surface area (Å²) in [5.41, 5.74) is 1.45. The number of hydrogen-bond donors (Lipinski definition) is 0. The third-order valence-electron chi connectivity index (χ3n) is 6.50. The van der Waals surface area contributed by atoms with Crippen LogP contribution in [0.25, 0.3) is 0 Å². The van der Waals surface area contributed by atoms with E-state index >= 15 is 0 Å². The molecule has 2 amide bonds. The highest BCUT2D eigenvalue weighted by molar-refractivity contribution is 9.13. The summed E-state index contributed by atoms with van der Waals surface area (Å²) in [7, 11) is 1.53. The van der Waals surface area contributed by atoms with Crippen molar-refractivity contribution in [1.29, 1.82) is 0 Å². The summed E-state index contributed by atoms with van der Waals surface area (Å²) < 4.78 is 12.8. The van der Waals surface area contributed by atoms with Crippen molar-refractivity contribution >= 4 is 73.1 Å². The molecule has 2 bridgehead atoms. The van der Waals surface area contributed by atoms with Crippen LogP contribution in [-0.4, -0.2) is 30.1 Å². The van der Waals surface area contributed by atoms with Crippen molar-refractivity contribution in [2.24, 2.45) is 28.8 Å². The Morgan fingerprint density at radius 3 is 2.35 bits per heavy atom. The third-order valence-corrected chi connectivity index (χ3v) is 9.38. The molecule has 34 heavy (non-hydrogen) atoms. The largest absolute Gasteiger partial charge is 0.493 e. The molecule has 1 aliphatic heterocycles. The SMILES string of the molecule is COc1cc(C=NN2C(=O)[C@@H]3[C@H](C2=O)[C@H]2C=C[C@H]3C2)c(Br)c(Br)c1OCc1ccc(Cl)c(Cl)c1. The number of hydrazone groups is 1. The maximum atomic E-state index is 12.9. The predicted octanol–water partition coefficient (Wildman–Crippen LogP) is 6.25. The Labute approximate surface area is 223 Å². The zero-order valence-corrected chi connectivity index (χ0v) is 22.5. The molecule has 2 aromatic rings. The zero-order chi connectivity index (χ0) is 24.1. The molecule has 3 aliphatic rings. The molecule has 0 radical (unpaired) electrons. The number of amides is 2. The Bertz CT molecular complexity index is 1240. The highest BCUT2D eigenvalue weighted by Gasteiger charge is 2.59. The summed E-state index contributed by atoms with van der Waals surface area (Å²) in [6.07, 6.45) is 6.47. The van der Waals surface area contributed by atoms with Gasteiger partial charge in [-0.2, -0.15) is 10.1 Å². The number of hydrogen-bond acceptors (Lipinski definition) is 5. The van der Waals surface area contributed by atoms with Gasteiger partial charge in [-0.25, -0.2) is 0 Å². The summed E-state index contributed by atoms with van der Waals surface area (Å²) >= 11 is 19.2. The number of benzene rings is 2. The summed E-state index contributed by atoms with van der Waals surface area (Å²) in [4.78, 5) is 25.8. The van der Waals surface area contributed by atoms with Crippen LogP contribution in [-0.2, 0) is 16.2 Å². The van der Waals surface area contributed by atoms with E-state index in [1.54, 1.807) is 18.2 Å². The Hall–Kier alpha value is -1.87. The fourth-order valence-corrected chi connectivity index (χ4v) is 6.15. The van der Waals surface area contributed by atoms with Crippen molar-refractivity contribution in [3.63, 3.8) is 0 Å². The van der Waals surface area contributed by atoms with E-state index in [1.807, 2.05) is 6.07 Å². The molecule has 6 nitrogen and oxygen atoms in total. The molecule has 0 aromatic heterocycles. The summed E-state index contributed by atoms with van der Waals surface area (Å²) in [5, 5.41) is 6.19. The Balaban J connectivity index is 1.37. The Kier molecular flexibility index (Phi) is 6.52. The van der Waals surface area contributed by atoms with Crippen LogP contribution in [0, 0.1) is 23.7 Å². The molecule has 1 saturated heterocycles. The molecule has 0 N–H and O–H groups in total. The minimum absolute atomic E-state index is 0.138. The van der Waals surface area contributed by atoms with Crippen molar-refractivity contribution < 1.29 is 19.1 Å². The third kappa shape index (κ3) is 3.98. The number of halogens is 4. The van der Waals surface area contributed by atoms with Crippen LogP contribution in [0.5, 0.6) is 11.5 Å². The first-order valence-corrected chi connectivity index (χ1v) is 12.9. The van der Waals surface area contributed by atoms with Gasteiger partial charge in [0.1, 0.15) is 6.61 Å². The van der Waals surface area contributed by atoms with Crippen molar-refractivity contribution in [3.8, 4) is 11.5 Å². The molecule has 2 aliphatic carbocycles. The Morgan fingerprint density at radius 2 is 1.74 bits per heavy atom. The van der Waals surface area contributed by atoms with Crippen molar-refractivity contribution in [3.05, 3.63) is 66.5 Å². The van der Waals surface area contributed by atoms with E-state index in [0.29, 0.717) is 36.1 Å². The number of allylic oxidation sites excluding steroid dienone is 2. The lowest BCUT2D eigenvalue weighted by Gasteiger charge is -2.16. The smallest absolute Gasteiger partial charge is 0.254 e. The molecule has 176 valence electrons. The van der Waals surface area contributed by atoms with Crippen LogP contribution in [0.4, 0.5) is 0 Å². The van der Waals surface area contributed by atoms with Gasteiger partial charge in [-0.05, 0) is 73.9 Å². The first-order valence-electron chi connectivity index (χ1n) is 10.5. The highest BCUT2D eigenvalue weighted by Crippen LogP contribution is 2.52. The van der Waals surface area contributed by atoms with E-state index < -0.39 is 0 Å². The van der Waals surface area contributed by atoms with E-state index in [9.17, 15) is 9.59 Å². The van der Waals surface area contributed by atoms with Crippen LogP contribution in [0.15, 0.2) is 50.5 Å². The molecular formula is C24H18Br2Cl2N2O4. The lowest BCUT2D eigenvalue weighted by molar-refractivity contribution is -0.140. The van der Waals surface area contributed by atoms with Crippen LogP contribution in [0.2, 0.25) is 10.0 Å². The number of fused-ring (bicyclic) bond motifs is 5. The fourth-order valence-electron chi connectivity index (χ4n) is 4.89. The van der Waals surface area contributed by atoms with Gasteiger partial charge in [0.25, 0.3) is 11.8 Å². The molecule has 2 fully saturated rings. The number of ether oxygens (including phenoxy) is 2. The average molecular weight is 629 g/mol. The second kappa shape index (κ2) is 9.30. The van der Waals surface area contributed by atoms with Crippen molar-refractivity contribution in [2.75, 3.05) is 7.11 Å². The molecule has 10 heteroatoms. The molecule has 5 rings (SSSR count). The normalized spacial score (nSPS) is 25.0. The van der Waals surface area contributed by atoms with Gasteiger partial charge in [0.05, 0.1) is 39.7 Å². The number of imide groups is 1. The van der Waals surface area contributed by atoms with Gasteiger partial charge in [0.15, 0.2) is 11.5 Å². The van der Waals surface area contributed by atoms with E-state index in [4.69, 9.17) is 32.7 Å². The van der Waals surface area contributed by atoms with Gasteiger partial charge >= 0.3 is 0 Å². The molecule has 1 saturated carbocycles. The second-order valence-corrected chi connectivity index (χ2v) is 10.8.